The minimum atomic E-state index is -0.468. The van der Waals surface area contributed by atoms with Gasteiger partial charge in [-0.15, -0.1) is 0 Å². The monoisotopic (exact) mass is 351 g/mol. The second-order valence-corrected chi connectivity index (χ2v) is 5.91. The molecule has 0 saturated carbocycles. The molecule has 0 aromatic heterocycles. The van der Waals surface area contributed by atoms with Crippen molar-refractivity contribution < 1.29 is 14.3 Å². The molecule has 0 heterocycles. The molecule has 26 heavy (non-hydrogen) atoms. The summed E-state index contributed by atoms with van der Waals surface area (Å²) in [5.74, 6) is 0.702. The van der Waals surface area contributed by atoms with Crippen molar-refractivity contribution in [2.24, 2.45) is 16.5 Å². The highest BCUT2D eigenvalue weighted by Gasteiger charge is 2.22. The summed E-state index contributed by atoms with van der Waals surface area (Å²) >= 11 is 0. The number of benzene rings is 2. The predicted molar refractivity (Wildman–Crippen MR) is 102 cm³/mol. The quantitative estimate of drug-likeness (QED) is 0.651. The van der Waals surface area contributed by atoms with Gasteiger partial charge in [-0.1, -0.05) is 18.2 Å². The van der Waals surface area contributed by atoms with Crippen molar-refractivity contribution in [1.29, 1.82) is 0 Å². The number of aliphatic imine (C=N–C) groups is 1. The van der Waals surface area contributed by atoms with Crippen molar-refractivity contribution >= 4 is 17.4 Å². The topological polar surface area (TPSA) is 99.9 Å². The lowest BCUT2D eigenvalue weighted by Crippen LogP contribution is -2.24. The zero-order chi connectivity index (χ0) is 18.7. The lowest BCUT2D eigenvalue weighted by atomic mass is 9.85. The number of carbonyl (C=O) groups excluding carboxylic acids is 1. The fourth-order valence-corrected chi connectivity index (χ4v) is 3.20. The van der Waals surface area contributed by atoms with Gasteiger partial charge in [0.05, 0.1) is 19.8 Å². The normalized spacial score (nSPS) is 12.6. The van der Waals surface area contributed by atoms with Crippen molar-refractivity contribution in [3.05, 3.63) is 64.7 Å². The molecule has 2 aromatic rings. The lowest BCUT2D eigenvalue weighted by molar-refractivity contribution is 0.100. The van der Waals surface area contributed by atoms with Crippen LogP contribution in [0.2, 0.25) is 0 Å². The number of nitrogens with zero attached hydrogens (tertiary/aromatic N) is 1. The molecule has 0 atom stereocenters. The standard InChI is InChI=1S/C20H21N3O3/c1-25-16-7-4-8-17(26-2)18(16)14-6-3-5-12-9-10-13(11-15(12)14)19(24)23-20(21)22/h4,6-11H,3,5H2,1-2H3,(H4,21,22,23,24). The van der Waals surface area contributed by atoms with Gasteiger partial charge in [0, 0.05) is 5.56 Å². The number of nitrogens with two attached hydrogens (primary N) is 2. The minimum Gasteiger partial charge on any atom is -0.496 e. The molecule has 0 saturated heterocycles. The van der Waals surface area contributed by atoms with E-state index in [4.69, 9.17) is 20.9 Å². The van der Waals surface area contributed by atoms with Crippen molar-refractivity contribution in [2.75, 3.05) is 14.2 Å². The van der Waals surface area contributed by atoms with Crippen molar-refractivity contribution in [2.45, 2.75) is 12.8 Å². The molecule has 4 N–H and O–H groups in total. The zero-order valence-electron chi connectivity index (χ0n) is 14.8. The second kappa shape index (κ2) is 7.31. The minimum absolute atomic E-state index is 0.255. The van der Waals surface area contributed by atoms with Gasteiger partial charge in [0.25, 0.3) is 5.91 Å². The average Bonchev–Trinajstić information content (AvgIpc) is 2.65. The van der Waals surface area contributed by atoms with E-state index in [9.17, 15) is 4.79 Å². The Morgan fingerprint density at radius 3 is 2.38 bits per heavy atom. The van der Waals surface area contributed by atoms with Gasteiger partial charge in [-0.25, -0.2) is 0 Å². The molecule has 0 fully saturated rings. The first-order valence-electron chi connectivity index (χ1n) is 8.24. The van der Waals surface area contributed by atoms with E-state index in [1.54, 1.807) is 20.3 Å². The number of amides is 1. The van der Waals surface area contributed by atoms with E-state index in [1.165, 1.54) is 0 Å². The maximum Gasteiger partial charge on any atom is 0.280 e. The molecule has 0 spiro atoms. The molecule has 0 aliphatic heterocycles. The molecule has 1 aliphatic rings. The van der Waals surface area contributed by atoms with Crippen LogP contribution >= 0.6 is 0 Å². The molecule has 1 amide bonds. The van der Waals surface area contributed by atoms with Crippen LogP contribution in [-0.2, 0) is 6.42 Å². The van der Waals surface area contributed by atoms with Crippen molar-refractivity contribution in [1.82, 2.24) is 0 Å². The molecule has 6 nitrogen and oxygen atoms in total. The van der Waals surface area contributed by atoms with Crippen LogP contribution in [0.4, 0.5) is 0 Å². The first kappa shape index (κ1) is 17.5. The third kappa shape index (κ3) is 3.26. The number of carbonyl (C=O) groups is 1. The van der Waals surface area contributed by atoms with Crippen molar-refractivity contribution in [3.63, 3.8) is 0 Å². The van der Waals surface area contributed by atoms with E-state index in [0.29, 0.717) is 17.1 Å². The van der Waals surface area contributed by atoms with E-state index in [1.807, 2.05) is 30.3 Å². The Hall–Kier alpha value is -3.28. The molecular weight excluding hydrogens is 330 g/mol. The molecule has 6 heteroatoms. The summed E-state index contributed by atoms with van der Waals surface area (Å²) in [5.41, 5.74) is 15.0. The number of aryl methyl sites for hydroxylation is 1. The molecular formula is C20H21N3O3. The third-order valence-electron chi connectivity index (χ3n) is 4.34. The SMILES string of the molecule is COc1cccc(OC)c1C1=CCCc2ccc(C(=O)N=C(N)N)cc21. The van der Waals surface area contributed by atoms with Crippen LogP contribution in [0.1, 0.15) is 33.5 Å². The van der Waals surface area contributed by atoms with Gasteiger partial charge in [0.2, 0.25) is 0 Å². The Balaban J connectivity index is 2.16. The highest BCUT2D eigenvalue weighted by Crippen LogP contribution is 2.41. The maximum absolute atomic E-state index is 12.2. The highest BCUT2D eigenvalue weighted by atomic mass is 16.5. The molecule has 2 aromatic carbocycles. The second-order valence-electron chi connectivity index (χ2n) is 5.91. The molecule has 0 unspecified atom stereocenters. The number of rotatable bonds is 4. The number of hydrogen-bond acceptors (Lipinski definition) is 3. The summed E-state index contributed by atoms with van der Waals surface area (Å²) in [6.07, 6.45) is 3.93. The van der Waals surface area contributed by atoms with Crippen LogP contribution in [0.5, 0.6) is 11.5 Å². The molecule has 1 aliphatic carbocycles. The molecule has 3 rings (SSSR count). The van der Waals surface area contributed by atoms with E-state index < -0.39 is 5.91 Å². The van der Waals surface area contributed by atoms with Crippen LogP contribution in [0, 0.1) is 0 Å². The Labute approximate surface area is 152 Å². The number of methoxy groups -OCH3 is 2. The lowest BCUT2D eigenvalue weighted by Gasteiger charge is -2.22. The van der Waals surface area contributed by atoms with Crippen LogP contribution in [0.3, 0.4) is 0 Å². The Bertz CT molecular complexity index is 890. The molecule has 0 radical (unpaired) electrons. The van der Waals surface area contributed by atoms with E-state index in [0.717, 1.165) is 35.1 Å². The third-order valence-corrected chi connectivity index (χ3v) is 4.34. The number of fused-ring (bicyclic) bond motifs is 1. The Kier molecular flexibility index (Phi) is 4.93. The summed E-state index contributed by atoms with van der Waals surface area (Å²) < 4.78 is 11.1. The van der Waals surface area contributed by atoms with E-state index in [-0.39, 0.29) is 5.96 Å². The predicted octanol–water partition coefficient (Wildman–Crippen LogP) is 2.50. The first-order valence-corrected chi connectivity index (χ1v) is 8.24. The van der Waals surface area contributed by atoms with Crippen molar-refractivity contribution in [3.8, 4) is 11.5 Å². The van der Waals surface area contributed by atoms with Crippen LogP contribution in [0.15, 0.2) is 47.5 Å². The van der Waals surface area contributed by atoms with E-state index >= 15 is 0 Å². The van der Waals surface area contributed by atoms with Crippen LogP contribution < -0.4 is 20.9 Å². The summed E-state index contributed by atoms with van der Waals surface area (Å²) in [6.45, 7) is 0. The smallest absolute Gasteiger partial charge is 0.280 e. The molecule has 0 bridgehead atoms. The van der Waals surface area contributed by atoms with Gasteiger partial charge in [0.15, 0.2) is 5.96 Å². The van der Waals surface area contributed by atoms with Gasteiger partial charge in [-0.05, 0) is 53.8 Å². The summed E-state index contributed by atoms with van der Waals surface area (Å²) in [6, 6.07) is 11.2. The van der Waals surface area contributed by atoms with Gasteiger partial charge >= 0.3 is 0 Å². The van der Waals surface area contributed by atoms with Crippen LogP contribution in [-0.4, -0.2) is 26.1 Å². The molecule has 134 valence electrons. The Morgan fingerprint density at radius 1 is 1.08 bits per heavy atom. The van der Waals surface area contributed by atoms with Gasteiger partial charge in [-0.2, -0.15) is 4.99 Å². The number of hydrogen-bond donors (Lipinski definition) is 2. The maximum atomic E-state index is 12.2. The Morgan fingerprint density at radius 2 is 1.77 bits per heavy atom. The number of ether oxygens (including phenoxy) is 2. The summed E-state index contributed by atoms with van der Waals surface area (Å²) in [4.78, 5) is 15.8. The first-order chi connectivity index (χ1) is 12.5. The van der Waals surface area contributed by atoms with E-state index in [2.05, 4.69) is 11.1 Å². The highest BCUT2D eigenvalue weighted by molar-refractivity contribution is 6.03. The summed E-state index contributed by atoms with van der Waals surface area (Å²) in [7, 11) is 3.25. The fourth-order valence-electron chi connectivity index (χ4n) is 3.20. The van der Waals surface area contributed by atoms with Gasteiger partial charge < -0.3 is 20.9 Å². The largest absolute Gasteiger partial charge is 0.496 e. The fraction of sp³-hybridized carbons (Fsp3) is 0.200. The van der Waals surface area contributed by atoms with Gasteiger partial charge in [-0.3, -0.25) is 4.79 Å². The summed E-state index contributed by atoms with van der Waals surface area (Å²) in [5, 5.41) is 0. The zero-order valence-corrected chi connectivity index (χ0v) is 14.8. The van der Waals surface area contributed by atoms with Crippen LogP contribution in [0.25, 0.3) is 5.57 Å². The average molecular weight is 351 g/mol. The number of guanidine groups is 1. The number of allylic oxidation sites excluding steroid dienone is 1. The van der Waals surface area contributed by atoms with Gasteiger partial charge in [0.1, 0.15) is 11.5 Å².